The minimum Gasteiger partial charge on any atom is -1.00 e. The summed E-state index contributed by atoms with van der Waals surface area (Å²) >= 11 is 9.73. The molecule has 4 atom stereocenters. The van der Waals surface area contributed by atoms with Crippen LogP contribution in [-0.4, -0.2) is 148 Å². The first-order chi connectivity index (χ1) is 48.5. The third kappa shape index (κ3) is 36.9. The van der Waals surface area contributed by atoms with Gasteiger partial charge in [-0.05, 0) is 206 Å². The van der Waals surface area contributed by atoms with Crippen LogP contribution in [-0.2, 0) is 0 Å². The van der Waals surface area contributed by atoms with E-state index in [0.717, 1.165) is 94.8 Å². The average molecular weight is 1570 g/mol. The first-order valence-corrected chi connectivity index (χ1v) is 38.6. The Labute approximate surface area is 679 Å². The number of hydrogen-bond acceptors (Lipinski definition) is 18. The molecular weight excluding hydrogens is 1470 g/mol. The van der Waals surface area contributed by atoms with Crippen LogP contribution in [0.2, 0.25) is 0 Å². The zero-order valence-corrected chi connectivity index (χ0v) is 70.5. The minimum absolute atomic E-state index is 0. The third-order valence-corrected chi connectivity index (χ3v) is 20.5. The van der Waals surface area contributed by atoms with Gasteiger partial charge in [0.15, 0.2) is 11.6 Å². The minimum atomic E-state index is -0.285. The molecule has 12 nitrogen and oxygen atoms in total. The van der Waals surface area contributed by atoms with E-state index in [1.807, 2.05) is 170 Å². The smallest absolute Gasteiger partial charge is 1.00 e. The summed E-state index contributed by atoms with van der Waals surface area (Å²) in [7, 11) is 19.7. The molecule has 12 rings (SSSR count). The summed E-state index contributed by atoms with van der Waals surface area (Å²) in [5.41, 5.74) is 0. The third-order valence-electron chi connectivity index (χ3n) is 14.7. The summed E-state index contributed by atoms with van der Waals surface area (Å²) in [4.78, 5) is 34.5. The van der Waals surface area contributed by atoms with Crippen LogP contribution in [0.15, 0.2) is 232 Å². The molecule has 0 amide bonds. The van der Waals surface area contributed by atoms with Crippen molar-refractivity contribution in [1.82, 2.24) is 30.7 Å². The molecule has 6 heterocycles. The Morgan fingerprint density at radius 2 is 0.760 bits per heavy atom. The van der Waals surface area contributed by atoms with Gasteiger partial charge in [-0.25, -0.2) is 4.39 Å². The van der Waals surface area contributed by atoms with Crippen molar-refractivity contribution >= 4 is 145 Å². The Balaban J connectivity index is 0.00000121. The van der Waals surface area contributed by atoms with Crippen molar-refractivity contribution in [3.8, 4) is 11.5 Å². The molecule has 1 unspecified atom stereocenters. The Bertz CT molecular complexity index is 3870. The predicted molar refractivity (Wildman–Crippen MR) is 452 cm³/mol. The van der Waals surface area contributed by atoms with E-state index < -0.39 is 0 Å². The maximum atomic E-state index is 13.0. The molecule has 0 aliphatic carbocycles. The van der Waals surface area contributed by atoms with E-state index in [-0.39, 0.29) is 106 Å². The molecule has 6 aromatic heterocycles. The van der Waals surface area contributed by atoms with Gasteiger partial charge in [0, 0.05) is 83.0 Å². The molecule has 0 bridgehead atoms. The monoisotopic (exact) mass is 1570 g/mol. The van der Waals surface area contributed by atoms with Gasteiger partial charge in [-0.15, -0.1) is 92.8 Å². The molecule has 6 aromatic carbocycles. The molecule has 12 aromatic rings. The summed E-state index contributed by atoms with van der Waals surface area (Å²) in [5.74, 6) is 2.17. The van der Waals surface area contributed by atoms with Gasteiger partial charge in [-0.2, -0.15) is 0 Å². The van der Waals surface area contributed by atoms with E-state index in [1.165, 1.54) is 60.0 Å². The maximum Gasteiger partial charge on any atom is 1.00 e. The molecule has 5 N–H and O–H groups in total. The first kappa shape index (κ1) is 96.5. The van der Waals surface area contributed by atoms with Crippen molar-refractivity contribution in [2.75, 3.05) is 103 Å². The Morgan fingerprint density at radius 1 is 0.433 bits per heavy atom. The summed E-state index contributed by atoms with van der Waals surface area (Å²) in [6.45, 7) is 6.14. The van der Waals surface area contributed by atoms with Gasteiger partial charge >= 0.3 is 29.6 Å². The first-order valence-electron chi connectivity index (χ1n) is 33.3. The van der Waals surface area contributed by atoms with Gasteiger partial charge < -0.3 is 51.8 Å². The number of halogens is 3. The molecule has 23 heteroatoms. The van der Waals surface area contributed by atoms with Crippen molar-refractivity contribution in [1.29, 1.82) is 0 Å². The number of aliphatic hydroxyl groups excluding tert-OH is 2. The van der Waals surface area contributed by atoms with E-state index >= 15 is 0 Å². The zero-order chi connectivity index (χ0) is 72.3. The number of benzene rings is 6. The Kier molecular flexibility index (Phi) is 52.6. The quantitative estimate of drug-likeness (QED) is 0.0275. The second-order valence-electron chi connectivity index (χ2n) is 23.7. The standard InChI is InChI=1S/2C18H19NOS.C10H7F.2C9H15NOS.C9H13NOS.C6H6OS.C2H7N.B.2ClH.Na.H/c2*1-19-12-11-17(18-10-5-13-21-18)20-16-9-4-7-14-6-2-3-8-15(14)16;11-10-7-3-5-8-4-1-2-6-9(8)10;3*1-10(2)6-5-8(11)9-4-3-7-12-9;1-5(7)6-3-2-4-8-6;1-3-2;;;;;/h2*2-10,13,17,19H,11-12H2,1H3;1-7H;2*3-4,7-8,11H,5-6H2,1-2H3;3-4,7H,5-6H2,1-2H3;2-4H,1H3;3H,1-2H3;;2*1H;;/q;;;;;;;;;;;+1;-1/t2*17-;;8-;;;;;;;;;/m00.0........./s1. The van der Waals surface area contributed by atoms with Crippen molar-refractivity contribution in [3.05, 3.63) is 268 Å². The molecule has 0 saturated carbocycles. The molecular formula is C81H104BCl2FN6NaO6S6. The number of nitrogens with one attached hydrogen (secondary N) is 3. The fourth-order valence-electron chi connectivity index (χ4n) is 9.48. The van der Waals surface area contributed by atoms with Gasteiger partial charge in [0.1, 0.15) is 29.5 Å². The van der Waals surface area contributed by atoms with Crippen LogP contribution >= 0.6 is 92.8 Å². The summed E-state index contributed by atoms with van der Waals surface area (Å²) in [6.07, 6.45) is 3.79. The number of aliphatic hydroxyl groups is 2. The number of thiophene rings is 6. The number of Topliss-reactive ketones (excluding diaryl/α,β-unsaturated/α-hetero) is 2. The average Bonchev–Trinajstić information content (AvgIpc) is 1.72. The molecule has 555 valence electrons. The van der Waals surface area contributed by atoms with Crippen LogP contribution in [0.4, 0.5) is 4.39 Å². The van der Waals surface area contributed by atoms with Crippen molar-refractivity contribution in [3.63, 3.8) is 0 Å². The number of carbonyl (C=O) groups excluding carboxylic acids is 2. The molecule has 0 spiro atoms. The molecule has 104 heavy (non-hydrogen) atoms. The van der Waals surface area contributed by atoms with Crippen LogP contribution in [0, 0.1) is 5.82 Å². The van der Waals surface area contributed by atoms with E-state index in [9.17, 15) is 24.2 Å². The van der Waals surface area contributed by atoms with Gasteiger partial charge in [0.2, 0.25) is 0 Å². The van der Waals surface area contributed by atoms with E-state index in [2.05, 4.69) is 146 Å². The van der Waals surface area contributed by atoms with Crippen LogP contribution in [0.1, 0.15) is 104 Å². The van der Waals surface area contributed by atoms with Crippen molar-refractivity contribution in [2.24, 2.45) is 0 Å². The number of nitrogens with zero attached hydrogens (tertiary/aromatic N) is 3. The summed E-state index contributed by atoms with van der Waals surface area (Å²) in [5, 5.41) is 46.9. The topological polar surface area (TPSA) is 139 Å². The number of rotatable bonds is 25. The van der Waals surface area contributed by atoms with Crippen molar-refractivity contribution in [2.45, 2.75) is 63.4 Å². The van der Waals surface area contributed by atoms with Gasteiger partial charge in [0.05, 0.1) is 22.0 Å². The largest absolute Gasteiger partial charge is 1.00 e. The molecule has 3 radical (unpaired) electrons. The Morgan fingerprint density at radius 3 is 1.09 bits per heavy atom. The maximum absolute atomic E-state index is 13.0. The summed E-state index contributed by atoms with van der Waals surface area (Å²) in [6, 6.07) is 65.6. The molecule has 0 fully saturated rings. The van der Waals surface area contributed by atoms with Crippen LogP contribution in [0.5, 0.6) is 11.5 Å². The molecule has 0 saturated heterocycles. The fourth-order valence-corrected chi connectivity index (χ4v) is 13.9. The number of ketones is 2. The molecule has 0 aliphatic rings. The zero-order valence-electron chi connectivity index (χ0n) is 63.0. The SMILES string of the molecule is CC(=O)c1cccs1.CN(C)CCC(=O)c1cccs1.CN(C)CCC(O)c1cccs1.CN(C)CC[C@H](O)c1cccs1.CNC.CNCC[C@H](Oc1cccc2ccccc12)c1cccs1.CNCC[C@H](Oc1cccc2ccccc12)c1cccs1.Cl.Cl.Fc1cccc2ccccc12.[B].[H-].[Na+]. The number of ether oxygens (including phenoxy) is 2. The molecule has 0 aliphatic heterocycles. The predicted octanol–water partition coefficient (Wildman–Crippen LogP) is 17.0. The van der Waals surface area contributed by atoms with E-state index in [0.29, 0.717) is 11.8 Å². The van der Waals surface area contributed by atoms with Gasteiger partial charge in [-0.1, -0.05) is 146 Å². The second kappa shape index (κ2) is 56.7. The number of carbonyl (C=O) groups is 2. The van der Waals surface area contributed by atoms with Crippen LogP contribution < -0.4 is 55.0 Å². The van der Waals surface area contributed by atoms with E-state index in [1.54, 1.807) is 64.4 Å². The normalized spacial score (nSPS) is 11.4. The number of hydrogen-bond donors (Lipinski definition) is 5. The second-order valence-corrected chi connectivity index (χ2v) is 29.5. The summed E-state index contributed by atoms with van der Waals surface area (Å²) < 4.78 is 25.7. The van der Waals surface area contributed by atoms with E-state index in [4.69, 9.17) is 9.47 Å². The van der Waals surface area contributed by atoms with Crippen LogP contribution in [0.3, 0.4) is 0 Å². The van der Waals surface area contributed by atoms with Gasteiger partial charge in [0.25, 0.3) is 0 Å². The van der Waals surface area contributed by atoms with Gasteiger partial charge in [-0.3, -0.25) is 9.59 Å². The Hall–Kier alpha value is -5.51. The fraction of sp³-hybridized carbons (Fsp3) is 0.309. The number of fused-ring (bicyclic) bond motifs is 3. The van der Waals surface area contributed by atoms with Crippen molar-refractivity contribution < 1.29 is 64.7 Å². The van der Waals surface area contributed by atoms with Crippen LogP contribution in [0.25, 0.3) is 32.3 Å².